The van der Waals surface area contributed by atoms with Gasteiger partial charge in [0.15, 0.2) is 0 Å². The summed E-state index contributed by atoms with van der Waals surface area (Å²) in [5.41, 5.74) is -5.53. The number of fused-ring (bicyclic) bond motifs is 1. The minimum atomic E-state index is -6.19. The second kappa shape index (κ2) is 12.0. The van der Waals surface area contributed by atoms with Crippen LogP contribution in [0.4, 0.5) is 57.3 Å². The Kier molecular flexibility index (Phi) is 9.46. The Morgan fingerprint density at radius 3 is 2.41 bits per heavy atom. The number of azo groups is 1. The molecule has 0 saturated carbocycles. The Morgan fingerprint density at radius 1 is 1.12 bits per heavy atom. The number of halogens is 8. The third-order valence-corrected chi connectivity index (χ3v) is 7.69. The average molecular weight is 639 g/mol. The number of nitrogens with zero attached hydrogens (tertiary/aromatic N) is 5. The van der Waals surface area contributed by atoms with Gasteiger partial charge in [-0.2, -0.15) is 43.5 Å². The smallest absolute Gasteiger partial charge is 0.388 e. The van der Waals surface area contributed by atoms with Gasteiger partial charge in [-0.05, 0) is 43.9 Å². The van der Waals surface area contributed by atoms with E-state index in [0.29, 0.717) is 30.6 Å². The van der Waals surface area contributed by atoms with Gasteiger partial charge in [0.2, 0.25) is 5.01 Å². The molecule has 20 heteroatoms. The van der Waals surface area contributed by atoms with Gasteiger partial charge >= 0.3 is 33.8 Å². The number of carbonyl (C=O) groups excluding carboxylic acids is 1. The lowest BCUT2D eigenvalue weighted by atomic mass is 9.95. The second-order valence-corrected chi connectivity index (χ2v) is 11.5. The van der Waals surface area contributed by atoms with Crippen LogP contribution in [-0.2, 0) is 21.2 Å². The van der Waals surface area contributed by atoms with E-state index in [-0.39, 0.29) is 23.1 Å². The lowest BCUT2D eigenvalue weighted by molar-refractivity contribution is -0.370. The van der Waals surface area contributed by atoms with Gasteiger partial charge in [-0.1, -0.05) is 31.1 Å². The highest BCUT2D eigenvalue weighted by molar-refractivity contribution is 7.93. The molecule has 3 rings (SSSR count). The van der Waals surface area contributed by atoms with Gasteiger partial charge in [-0.15, -0.1) is 20.4 Å². The molecular weight excluding hydrogens is 616 g/mol. The number of ether oxygens (including phenoxy) is 1. The van der Waals surface area contributed by atoms with Crippen LogP contribution in [0.15, 0.2) is 22.4 Å². The molecule has 0 amide bonds. The van der Waals surface area contributed by atoms with Crippen LogP contribution in [0, 0.1) is 0 Å². The van der Waals surface area contributed by atoms with E-state index in [0.717, 1.165) is 19.3 Å². The molecule has 1 aliphatic heterocycles. The Hall–Kier alpha value is -3.16. The summed E-state index contributed by atoms with van der Waals surface area (Å²) in [7, 11) is -5.89. The molecule has 1 aliphatic rings. The highest BCUT2D eigenvalue weighted by Crippen LogP contribution is 2.41. The number of aromatic nitrogens is 2. The Labute approximate surface area is 231 Å². The van der Waals surface area contributed by atoms with E-state index in [1.54, 1.807) is 0 Å². The molecular formula is C21H22F8N6O4S2. The first-order chi connectivity index (χ1) is 18.9. The van der Waals surface area contributed by atoms with Gasteiger partial charge < -0.3 is 9.64 Å². The lowest BCUT2D eigenvalue weighted by Crippen LogP contribution is -2.40. The van der Waals surface area contributed by atoms with Gasteiger partial charge in [-0.3, -0.25) is 4.72 Å². The molecule has 1 N–H and O–H groups in total. The van der Waals surface area contributed by atoms with Crippen LogP contribution >= 0.6 is 11.3 Å². The maximum atomic E-state index is 13.2. The minimum Gasteiger partial charge on any atom is -0.388 e. The number of anilines is 2. The molecule has 0 saturated heterocycles. The van der Waals surface area contributed by atoms with Crippen LogP contribution in [0.5, 0.6) is 0 Å². The standard InChI is InChI=1S/C21H22F8N6O4S2/c1-3-4-5-8-35-11(2)6-7-12-9-13(14(10-15(12)35)34-41(37,38)21(27,28)29)30-32-18-33-31-16(40-18)17(36)39-20(25,26)19(22,23)24/h9-11,34H,3-8H2,1-2H3. The fourth-order valence-electron chi connectivity index (χ4n) is 3.74. The molecule has 1 aromatic carbocycles. The third-order valence-electron chi connectivity index (χ3n) is 5.80. The maximum Gasteiger partial charge on any atom is 0.516 e. The first kappa shape index (κ1) is 32.4. The van der Waals surface area contributed by atoms with Crippen molar-refractivity contribution in [2.45, 2.75) is 69.8 Å². The monoisotopic (exact) mass is 638 g/mol. The molecule has 0 fully saturated rings. The summed E-state index contributed by atoms with van der Waals surface area (Å²) in [4.78, 5) is 13.6. The third kappa shape index (κ3) is 7.57. The fraction of sp³-hybridized carbons (Fsp3) is 0.571. The summed E-state index contributed by atoms with van der Waals surface area (Å²) in [6.45, 7) is 4.48. The van der Waals surface area contributed by atoms with Gasteiger partial charge in [0.1, 0.15) is 5.69 Å². The van der Waals surface area contributed by atoms with Crippen LogP contribution in [0.3, 0.4) is 0 Å². The summed E-state index contributed by atoms with van der Waals surface area (Å²) >= 11 is 0.0907. The van der Waals surface area contributed by atoms with Crippen LogP contribution < -0.4 is 9.62 Å². The molecule has 0 radical (unpaired) electrons. The summed E-state index contributed by atoms with van der Waals surface area (Å²) in [6.07, 6.45) is -8.27. The zero-order valence-corrected chi connectivity index (χ0v) is 22.8. The summed E-state index contributed by atoms with van der Waals surface area (Å²) < 4.78 is 131. The fourth-order valence-corrected chi connectivity index (χ4v) is 4.85. The Bertz CT molecular complexity index is 1400. The number of sulfonamides is 1. The van der Waals surface area contributed by atoms with Crippen molar-refractivity contribution in [2.24, 2.45) is 10.2 Å². The van der Waals surface area contributed by atoms with E-state index in [2.05, 4.69) is 25.2 Å². The van der Waals surface area contributed by atoms with Crippen LogP contribution in [0.1, 0.15) is 54.9 Å². The number of unbranched alkanes of at least 4 members (excludes halogenated alkanes) is 2. The van der Waals surface area contributed by atoms with Crippen LogP contribution in [0.2, 0.25) is 0 Å². The first-order valence-electron chi connectivity index (χ1n) is 11.8. The van der Waals surface area contributed by atoms with Crippen molar-refractivity contribution < 1.29 is 53.1 Å². The zero-order valence-electron chi connectivity index (χ0n) is 21.2. The zero-order chi connectivity index (χ0) is 30.8. The predicted octanol–water partition coefficient (Wildman–Crippen LogP) is 6.86. The first-order valence-corrected chi connectivity index (χ1v) is 14.1. The van der Waals surface area contributed by atoms with E-state index in [1.807, 2.05) is 18.7 Å². The quantitative estimate of drug-likeness (QED) is 0.130. The normalized spacial score (nSPS) is 16.6. The highest BCUT2D eigenvalue weighted by atomic mass is 32.2. The van der Waals surface area contributed by atoms with Gasteiger partial charge in [0, 0.05) is 18.3 Å². The summed E-state index contributed by atoms with van der Waals surface area (Å²) in [5.74, 6) is -2.17. The molecule has 228 valence electrons. The van der Waals surface area contributed by atoms with Gasteiger partial charge in [0.25, 0.3) is 5.13 Å². The lowest BCUT2D eigenvalue weighted by Gasteiger charge is -2.37. The number of hydrogen-bond donors (Lipinski definition) is 1. The number of hydrogen-bond acceptors (Lipinski definition) is 10. The molecule has 0 spiro atoms. The number of aryl methyl sites for hydroxylation is 1. The van der Waals surface area contributed by atoms with E-state index in [9.17, 15) is 48.3 Å². The number of nitrogens with one attached hydrogen (secondary N) is 1. The van der Waals surface area contributed by atoms with Gasteiger partial charge in [-0.25, -0.2) is 4.79 Å². The SMILES string of the molecule is CCCCCN1c2cc(NS(=O)(=O)C(F)(F)F)c(N=Nc3nnc(C(=O)OC(F)(F)C(F)(F)F)s3)cc2CCC1C. The molecule has 41 heavy (non-hydrogen) atoms. The molecule has 1 atom stereocenters. The number of benzene rings is 1. The number of esters is 1. The van der Waals surface area contributed by atoms with E-state index in [4.69, 9.17) is 0 Å². The van der Waals surface area contributed by atoms with Crippen molar-refractivity contribution in [3.63, 3.8) is 0 Å². The van der Waals surface area contributed by atoms with Crippen LogP contribution in [-0.4, -0.2) is 55.0 Å². The van der Waals surface area contributed by atoms with Crippen LogP contribution in [0.25, 0.3) is 0 Å². The second-order valence-electron chi connectivity index (χ2n) is 8.83. The summed E-state index contributed by atoms with van der Waals surface area (Å²) in [5, 5.41) is 12.0. The van der Waals surface area contributed by atoms with E-state index >= 15 is 0 Å². The number of alkyl halides is 8. The highest BCUT2D eigenvalue weighted by Gasteiger charge is 2.62. The topological polar surface area (TPSA) is 126 Å². The number of carbonyl (C=O) groups is 1. The van der Waals surface area contributed by atoms with E-state index in [1.165, 1.54) is 16.9 Å². The Morgan fingerprint density at radius 2 is 1.80 bits per heavy atom. The molecule has 0 aliphatic carbocycles. The molecule has 2 heterocycles. The van der Waals surface area contributed by atoms with Crippen molar-refractivity contribution in [3.05, 3.63) is 22.7 Å². The number of rotatable bonds is 10. The van der Waals surface area contributed by atoms with Gasteiger partial charge in [0.05, 0.1) is 5.69 Å². The predicted molar refractivity (Wildman–Crippen MR) is 130 cm³/mol. The summed E-state index contributed by atoms with van der Waals surface area (Å²) in [6, 6.07) is 2.51. The Balaban J connectivity index is 1.97. The molecule has 2 aromatic rings. The van der Waals surface area contributed by atoms with Crippen molar-refractivity contribution in [2.75, 3.05) is 16.2 Å². The average Bonchev–Trinajstić information content (AvgIpc) is 3.32. The van der Waals surface area contributed by atoms with Crippen molar-refractivity contribution in [1.29, 1.82) is 0 Å². The van der Waals surface area contributed by atoms with E-state index < -0.39 is 49.6 Å². The minimum absolute atomic E-state index is 0.00296. The molecule has 1 unspecified atom stereocenters. The van der Waals surface area contributed by atoms with Crippen molar-refractivity contribution in [1.82, 2.24) is 10.2 Å². The maximum absolute atomic E-state index is 13.2. The molecule has 10 nitrogen and oxygen atoms in total. The molecule has 1 aromatic heterocycles. The largest absolute Gasteiger partial charge is 0.516 e. The van der Waals surface area contributed by atoms with Crippen molar-refractivity contribution >= 4 is 49.5 Å². The molecule has 0 bridgehead atoms. The van der Waals surface area contributed by atoms with Crippen molar-refractivity contribution in [3.8, 4) is 0 Å².